The molecule has 0 saturated carbocycles. The Morgan fingerprint density at radius 3 is 2.46 bits per heavy atom. The molecule has 0 heterocycles. The number of carbonyl (C=O) groups excluding carboxylic acids is 1. The minimum absolute atomic E-state index is 0.0145. The van der Waals surface area contributed by atoms with Gasteiger partial charge in [-0.3, -0.25) is 4.79 Å². The second kappa shape index (κ2) is 13.6. The van der Waals surface area contributed by atoms with Crippen molar-refractivity contribution in [3.05, 3.63) is 0 Å². The number of amides is 1. The summed E-state index contributed by atoms with van der Waals surface area (Å²) in [6.45, 7) is 12.2. The lowest BCUT2D eigenvalue weighted by Crippen LogP contribution is -2.44. The van der Waals surface area contributed by atoms with Gasteiger partial charge in [0, 0.05) is 32.3 Å². The molecular weight excluding hydrogens is 311 g/mol. The van der Waals surface area contributed by atoms with Crippen molar-refractivity contribution < 1.29 is 18.7 Å². The molecule has 144 valence electrons. The molecule has 0 aromatic rings. The fourth-order valence-corrected chi connectivity index (χ4v) is 1.93. The van der Waals surface area contributed by atoms with Crippen LogP contribution in [0.3, 0.4) is 0 Å². The maximum atomic E-state index is 14.1. The van der Waals surface area contributed by atoms with Crippen molar-refractivity contribution in [3.63, 3.8) is 0 Å². The number of carbonyl (C=O) groups is 1. The second-order valence-electron chi connectivity index (χ2n) is 6.66. The van der Waals surface area contributed by atoms with Crippen LogP contribution in [0.15, 0.2) is 0 Å². The Balaban J connectivity index is 3.62. The summed E-state index contributed by atoms with van der Waals surface area (Å²) in [5.41, 5.74) is -0.915. The molecule has 6 heteroatoms. The summed E-state index contributed by atoms with van der Waals surface area (Å²) in [5, 5.41) is 5.97. The lowest BCUT2D eigenvalue weighted by atomic mass is 10.0. The highest BCUT2D eigenvalue weighted by atomic mass is 19.1. The van der Waals surface area contributed by atoms with Gasteiger partial charge in [0.05, 0.1) is 12.1 Å². The zero-order valence-corrected chi connectivity index (χ0v) is 16.1. The number of ether oxygens (including phenoxy) is 2. The molecule has 0 aliphatic heterocycles. The van der Waals surface area contributed by atoms with Crippen LogP contribution >= 0.6 is 0 Å². The first-order valence-corrected chi connectivity index (χ1v) is 9.19. The van der Waals surface area contributed by atoms with E-state index in [1.165, 1.54) is 0 Å². The van der Waals surface area contributed by atoms with Crippen LogP contribution in [0.25, 0.3) is 0 Å². The lowest BCUT2D eigenvalue weighted by Gasteiger charge is -2.29. The average Bonchev–Trinajstić information content (AvgIpc) is 2.57. The quantitative estimate of drug-likeness (QED) is 0.447. The van der Waals surface area contributed by atoms with E-state index >= 15 is 0 Å². The van der Waals surface area contributed by atoms with Crippen molar-refractivity contribution in [2.24, 2.45) is 0 Å². The zero-order valence-electron chi connectivity index (χ0n) is 16.1. The van der Waals surface area contributed by atoms with E-state index in [4.69, 9.17) is 9.47 Å². The smallest absolute Gasteiger partial charge is 0.219 e. The van der Waals surface area contributed by atoms with Crippen LogP contribution in [0.4, 0.5) is 4.39 Å². The van der Waals surface area contributed by atoms with Gasteiger partial charge in [0.2, 0.25) is 5.91 Å². The Bertz CT molecular complexity index is 327. The molecule has 2 N–H and O–H groups in total. The summed E-state index contributed by atoms with van der Waals surface area (Å²) in [4.78, 5) is 11.2. The second-order valence-corrected chi connectivity index (χ2v) is 6.66. The lowest BCUT2D eigenvalue weighted by molar-refractivity contribution is -0.122. The number of hydrogen-bond acceptors (Lipinski definition) is 4. The van der Waals surface area contributed by atoms with Crippen molar-refractivity contribution >= 4 is 5.91 Å². The topological polar surface area (TPSA) is 59.6 Å². The SMILES string of the molecule is CCC(=O)NCC(F)C(C)(C)OCCCOCCCNC(C)CC. The highest BCUT2D eigenvalue weighted by molar-refractivity contribution is 5.75. The van der Waals surface area contributed by atoms with Crippen molar-refractivity contribution in [2.45, 2.75) is 78.1 Å². The van der Waals surface area contributed by atoms with E-state index in [-0.39, 0.29) is 12.5 Å². The minimum atomic E-state index is -1.24. The van der Waals surface area contributed by atoms with E-state index < -0.39 is 11.8 Å². The average molecular weight is 349 g/mol. The largest absolute Gasteiger partial charge is 0.381 e. The Kier molecular flexibility index (Phi) is 13.2. The predicted octanol–water partition coefficient (Wildman–Crippen LogP) is 2.83. The summed E-state index contributed by atoms with van der Waals surface area (Å²) in [6, 6.07) is 0.552. The number of hydrogen-bond donors (Lipinski definition) is 2. The fraction of sp³-hybridized carbons (Fsp3) is 0.944. The monoisotopic (exact) mass is 348 g/mol. The number of rotatable bonds is 15. The zero-order chi connectivity index (χ0) is 18.4. The molecular formula is C18H37FN2O3. The van der Waals surface area contributed by atoms with Crippen LogP contribution in [0.5, 0.6) is 0 Å². The first kappa shape index (κ1) is 23.3. The highest BCUT2D eigenvalue weighted by Gasteiger charge is 2.30. The molecule has 0 radical (unpaired) electrons. The standard InChI is InChI=1S/C18H37FN2O3/c1-6-15(3)20-10-8-11-23-12-9-13-24-18(4,5)16(19)14-21-17(22)7-2/h15-16,20H,6-14H2,1-5H3,(H,21,22). The van der Waals surface area contributed by atoms with Gasteiger partial charge in [-0.05, 0) is 46.6 Å². The summed E-state index contributed by atoms with van der Waals surface area (Å²) in [7, 11) is 0. The van der Waals surface area contributed by atoms with Crippen LogP contribution in [0, 0.1) is 0 Å². The molecule has 0 aromatic heterocycles. The molecule has 0 bridgehead atoms. The first-order chi connectivity index (χ1) is 11.3. The van der Waals surface area contributed by atoms with Crippen LogP contribution in [-0.4, -0.2) is 56.6 Å². The van der Waals surface area contributed by atoms with Gasteiger partial charge >= 0.3 is 0 Å². The molecule has 24 heavy (non-hydrogen) atoms. The number of alkyl halides is 1. The Labute approximate surface area is 147 Å². The van der Waals surface area contributed by atoms with Gasteiger partial charge < -0.3 is 20.1 Å². The molecule has 0 aromatic carbocycles. The highest BCUT2D eigenvalue weighted by Crippen LogP contribution is 2.18. The molecule has 0 fully saturated rings. The van der Waals surface area contributed by atoms with E-state index in [0.29, 0.717) is 25.7 Å². The van der Waals surface area contributed by atoms with Gasteiger partial charge in [0.15, 0.2) is 0 Å². The third-order valence-electron chi connectivity index (χ3n) is 4.03. The van der Waals surface area contributed by atoms with Gasteiger partial charge in [-0.2, -0.15) is 0 Å². The summed E-state index contributed by atoms with van der Waals surface area (Å²) >= 11 is 0. The van der Waals surface area contributed by atoms with E-state index in [0.717, 1.165) is 32.4 Å². The van der Waals surface area contributed by atoms with E-state index in [1.54, 1.807) is 20.8 Å². The van der Waals surface area contributed by atoms with Crippen molar-refractivity contribution in [2.75, 3.05) is 32.9 Å². The van der Waals surface area contributed by atoms with E-state index in [1.807, 2.05) is 0 Å². The van der Waals surface area contributed by atoms with E-state index in [9.17, 15) is 9.18 Å². The number of nitrogens with one attached hydrogen (secondary N) is 2. The molecule has 0 spiro atoms. The third-order valence-corrected chi connectivity index (χ3v) is 4.03. The molecule has 0 aliphatic carbocycles. The molecule has 1 amide bonds. The summed E-state index contributed by atoms with van der Waals surface area (Å²) in [6.07, 6.45) is 1.97. The first-order valence-electron chi connectivity index (χ1n) is 9.19. The maximum absolute atomic E-state index is 14.1. The summed E-state index contributed by atoms with van der Waals surface area (Å²) < 4.78 is 25.3. The van der Waals surface area contributed by atoms with Crippen molar-refractivity contribution in [3.8, 4) is 0 Å². The molecule has 0 saturated heterocycles. The van der Waals surface area contributed by atoms with Crippen LogP contribution in [0.2, 0.25) is 0 Å². The maximum Gasteiger partial charge on any atom is 0.219 e. The van der Waals surface area contributed by atoms with Crippen LogP contribution in [0.1, 0.15) is 60.3 Å². The molecule has 0 rings (SSSR count). The minimum Gasteiger partial charge on any atom is -0.381 e. The fourth-order valence-electron chi connectivity index (χ4n) is 1.93. The van der Waals surface area contributed by atoms with Gasteiger partial charge in [-0.1, -0.05) is 13.8 Å². The Morgan fingerprint density at radius 1 is 1.17 bits per heavy atom. The molecule has 0 aliphatic rings. The van der Waals surface area contributed by atoms with E-state index in [2.05, 4.69) is 24.5 Å². The van der Waals surface area contributed by atoms with Crippen LogP contribution in [-0.2, 0) is 14.3 Å². The van der Waals surface area contributed by atoms with Crippen molar-refractivity contribution in [1.29, 1.82) is 0 Å². The van der Waals surface area contributed by atoms with Gasteiger partial charge in [-0.25, -0.2) is 4.39 Å². The Morgan fingerprint density at radius 2 is 1.83 bits per heavy atom. The van der Waals surface area contributed by atoms with Gasteiger partial charge in [0.1, 0.15) is 6.17 Å². The molecule has 5 nitrogen and oxygen atoms in total. The summed E-state index contributed by atoms with van der Waals surface area (Å²) in [5.74, 6) is -0.148. The third kappa shape index (κ3) is 11.8. The van der Waals surface area contributed by atoms with Crippen LogP contribution < -0.4 is 10.6 Å². The number of halogens is 1. The predicted molar refractivity (Wildman–Crippen MR) is 96.0 cm³/mol. The van der Waals surface area contributed by atoms with Gasteiger partial charge in [0.25, 0.3) is 0 Å². The Hall–Kier alpha value is -0.720. The normalized spacial score (nSPS) is 14.4. The molecule has 2 unspecified atom stereocenters. The molecule has 2 atom stereocenters. The van der Waals surface area contributed by atoms with Gasteiger partial charge in [-0.15, -0.1) is 0 Å². The van der Waals surface area contributed by atoms with Crippen molar-refractivity contribution in [1.82, 2.24) is 10.6 Å².